The Morgan fingerprint density at radius 2 is 0.938 bits per heavy atom. The topological polar surface area (TPSA) is 0 Å². The van der Waals surface area contributed by atoms with Crippen molar-refractivity contribution in [2.24, 2.45) is 0 Å². The molecule has 0 amide bonds. The summed E-state index contributed by atoms with van der Waals surface area (Å²) in [5.74, 6) is 0. The maximum absolute atomic E-state index is 2.16. The molecule has 0 aliphatic carbocycles. The molecule has 0 saturated heterocycles. The summed E-state index contributed by atoms with van der Waals surface area (Å²) in [7, 11) is 0. The second kappa shape index (κ2) is 7.95. The van der Waals surface area contributed by atoms with Crippen molar-refractivity contribution in [2.45, 2.75) is 0 Å². The molecule has 2 rings (SSSR count). The van der Waals surface area contributed by atoms with Gasteiger partial charge in [0.1, 0.15) is 0 Å². The van der Waals surface area contributed by atoms with Crippen molar-refractivity contribution >= 4 is 28.0 Å². The Morgan fingerprint density at radius 3 is 1.25 bits per heavy atom. The van der Waals surface area contributed by atoms with E-state index in [-0.39, 0.29) is 24.8 Å². The summed E-state index contributed by atoms with van der Waals surface area (Å²) in [5.41, 5.74) is 2.66. The Bertz CT molecular complexity index is 385. The van der Waals surface area contributed by atoms with Gasteiger partial charge in [0.25, 0.3) is 0 Å². The quantitative estimate of drug-likeness (QED) is 0.789. The van der Waals surface area contributed by atoms with E-state index < -0.39 is 0 Å². The molecular weight excluding hydrogens is 318 g/mol. The molecule has 0 aliphatic heterocycles. The van der Waals surface area contributed by atoms with E-state index in [0.29, 0.717) is 0 Å². The molecule has 0 atom stereocenters. The molecule has 0 fully saturated rings. The van der Waals surface area contributed by atoms with Crippen molar-refractivity contribution < 1.29 is 24.2 Å². The third kappa shape index (κ3) is 3.98. The Morgan fingerprint density at radius 1 is 0.625 bits per heavy atom. The monoisotopic (exact) mass is 328 g/mol. The molecule has 0 N–H and O–H groups in total. The molecular formula is C13H12Cl2Zr. The van der Waals surface area contributed by atoms with Gasteiger partial charge in [0, 0.05) is 0 Å². The summed E-state index contributed by atoms with van der Waals surface area (Å²) in [6, 6.07) is 21.1. The van der Waals surface area contributed by atoms with Crippen LogP contribution in [0.4, 0.5) is 0 Å². The maximum atomic E-state index is 2.16. The minimum atomic E-state index is 0. The van der Waals surface area contributed by atoms with Crippen molar-refractivity contribution in [3.63, 3.8) is 0 Å². The van der Waals surface area contributed by atoms with Gasteiger partial charge in [-0.15, -0.1) is 24.8 Å². The van der Waals surface area contributed by atoms with E-state index in [1.165, 1.54) is 38.6 Å². The molecule has 3 heteroatoms. The van der Waals surface area contributed by atoms with Gasteiger partial charge in [-0.25, -0.2) is 0 Å². The number of hydrogen-bond acceptors (Lipinski definition) is 0. The van der Waals surface area contributed by atoms with Crippen LogP contribution in [0, 0.1) is 0 Å². The molecule has 16 heavy (non-hydrogen) atoms. The first-order chi connectivity index (χ1) is 6.88. The van der Waals surface area contributed by atoms with Gasteiger partial charge in [0.2, 0.25) is 0 Å². The number of benzene rings is 2. The van der Waals surface area contributed by atoms with Crippen LogP contribution in [0.15, 0.2) is 60.7 Å². The second-order valence-electron chi connectivity index (χ2n) is 3.11. The van der Waals surface area contributed by atoms with Gasteiger partial charge in [0.05, 0.1) is 0 Å². The fourth-order valence-electron chi connectivity index (χ4n) is 1.38. The number of halogens is 2. The zero-order chi connectivity index (χ0) is 9.80. The van der Waals surface area contributed by atoms with Crippen molar-refractivity contribution in [3.8, 4) is 0 Å². The molecule has 0 spiro atoms. The van der Waals surface area contributed by atoms with Gasteiger partial charge < -0.3 is 0 Å². The predicted octanol–water partition coefficient (Wildman–Crippen LogP) is 3.65. The van der Waals surface area contributed by atoms with E-state index in [2.05, 4.69) is 60.7 Å². The normalized spacial score (nSPS) is 8.44. The predicted molar refractivity (Wildman–Crippen MR) is 70.6 cm³/mol. The van der Waals surface area contributed by atoms with E-state index in [1.807, 2.05) is 0 Å². The Hall–Kier alpha value is -0.227. The van der Waals surface area contributed by atoms with Crippen LogP contribution in [-0.4, -0.2) is 3.21 Å². The number of rotatable bonds is 2. The molecule has 0 aliphatic rings. The molecule has 0 saturated carbocycles. The van der Waals surface area contributed by atoms with Gasteiger partial charge in [-0.3, -0.25) is 0 Å². The zero-order valence-corrected chi connectivity index (χ0v) is 12.7. The summed E-state index contributed by atoms with van der Waals surface area (Å²) in [5, 5.41) is 0. The van der Waals surface area contributed by atoms with Crippen LogP contribution in [0.25, 0.3) is 0 Å². The Balaban J connectivity index is 0.00000112. The van der Waals surface area contributed by atoms with Crippen LogP contribution >= 0.6 is 24.8 Å². The van der Waals surface area contributed by atoms with Crippen LogP contribution in [0.2, 0.25) is 0 Å². The first-order valence-electron chi connectivity index (χ1n) is 4.57. The molecule has 0 radical (unpaired) electrons. The van der Waals surface area contributed by atoms with Gasteiger partial charge in [-0.2, -0.15) is 0 Å². The van der Waals surface area contributed by atoms with Gasteiger partial charge in [-0.05, 0) is 0 Å². The van der Waals surface area contributed by atoms with Crippen molar-refractivity contribution in [3.05, 3.63) is 71.8 Å². The first kappa shape index (κ1) is 15.8. The zero-order valence-electron chi connectivity index (χ0n) is 8.59. The molecule has 2 aromatic rings. The fraction of sp³-hybridized carbons (Fsp3) is 0. The van der Waals surface area contributed by atoms with Crippen LogP contribution in [-0.2, 0) is 24.2 Å². The van der Waals surface area contributed by atoms with E-state index >= 15 is 0 Å². The minimum absolute atomic E-state index is 0. The molecule has 0 aromatic heterocycles. The number of hydrogen-bond donors (Lipinski definition) is 0. The van der Waals surface area contributed by atoms with E-state index in [0.717, 1.165) is 0 Å². The van der Waals surface area contributed by atoms with Crippen molar-refractivity contribution in [2.75, 3.05) is 0 Å². The SMILES string of the molecule is Cl.Cl.[Zr]=[C](c1ccccc1)c1ccccc1. The summed E-state index contributed by atoms with van der Waals surface area (Å²) in [6.07, 6.45) is 0. The molecule has 0 unspecified atom stereocenters. The van der Waals surface area contributed by atoms with Gasteiger partial charge in [-0.1, -0.05) is 0 Å². The first-order valence-corrected chi connectivity index (χ1v) is 5.80. The van der Waals surface area contributed by atoms with E-state index in [4.69, 9.17) is 0 Å². The summed E-state index contributed by atoms with van der Waals surface area (Å²) >= 11 is 1.46. The van der Waals surface area contributed by atoms with Crippen LogP contribution in [0.5, 0.6) is 0 Å². The van der Waals surface area contributed by atoms with Gasteiger partial charge in [0.15, 0.2) is 0 Å². The molecule has 0 nitrogen and oxygen atoms in total. The van der Waals surface area contributed by atoms with Crippen molar-refractivity contribution in [1.29, 1.82) is 0 Å². The standard InChI is InChI=1S/C13H10.2ClH.Zr/c1-3-7-12(8-4-1)11-13-9-5-2-6-10-13;;;/h1-10H;2*1H;. The third-order valence-corrected chi connectivity index (χ3v) is 3.54. The third-order valence-electron chi connectivity index (χ3n) is 2.12. The average molecular weight is 330 g/mol. The van der Waals surface area contributed by atoms with E-state index in [9.17, 15) is 0 Å². The van der Waals surface area contributed by atoms with Crippen LogP contribution in [0.1, 0.15) is 11.1 Å². The summed E-state index contributed by atoms with van der Waals surface area (Å²) < 4.78 is 1.42. The van der Waals surface area contributed by atoms with Crippen LogP contribution < -0.4 is 0 Å². The average Bonchev–Trinajstić information content (AvgIpc) is 2.30. The van der Waals surface area contributed by atoms with Gasteiger partial charge >= 0.3 is 99.2 Å². The Labute approximate surface area is 123 Å². The Kier molecular flexibility index (Phi) is 7.84. The molecule has 0 bridgehead atoms. The molecule has 82 valence electrons. The summed E-state index contributed by atoms with van der Waals surface area (Å²) in [6.45, 7) is 0. The fourth-order valence-corrected chi connectivity index (χ4v) is 2.20. The summed E-state index contributed by atoms with van der Waals surface area (Å²) in [4.78, 5) is 0. The van der Waals surface area contributed by atoms with Crippen LogP contribution in [0.3, 0.4) is 0 Å². The van der Waals surface area contributed by atoms with Crippen molar-refractivity contribution in [1.82, 2.24) is 0 Å². The molecule has 2 aromatic carbocycles. The van der Waals surface area contributed by atoms with E-state index in [1.54, 1.807) is 0 Å². The second-order valence-corrected chi connectivity index (χ2v) is 4.34. The molecule has 0 heterocycles.